The molecule has 0 bridgehead atoms. The average molecular weight is 361 g/mol. The van der Waals surface area contributed by atoms with Crippen molar-refractivity contribution >= 4 is 35.1 Å². The number of carbonyl (C=O) groups excluding carboxylic acids is 1. The van der Waals surface area contributed by atoms with E-state index in [1.54, 1.807) is 19.2 Å². The van der Waals surface area contributed by atoms with Crippen molar-refractivity contribution in [3.05, 3.63) is 58.1 Å². The second-order valence-electron chi connectivity index (χ2n) is 4.71. The number of hydrazone groups is 1. The van der Waals surface area contributed by atoms with Crippen LogP contribution < -0.4 is 10.2 Å². The maximum absolute atomic E-state index is 12.1. The molecule has 0 aliphatic carbocycles. The van der Waals surface area contributed by atoms with Crippen LogP contribution in [0.5, 0.6) is 5.75 Å². The third-order valence-corrected chi connectivity index (χ3v) is 4.42. The molecule has 0 saturated heterocycles. The number of para-hydroxylation sites is 1. The van der Waals surface area contributed by atoms with E-state index >= 15 is 0 Å². The van der Waals surface area contributed by atoms with E-state index in [0.29, 0.717) is 10.1 Å². The lowest BCUT2D eigenvalue weighted by molar-refractivity contribution is 0.0950. The Morgan fingerprint density at radius 2 is 2.21 bits per heavy atom. The minimum absolute atomic E-state index is 0.242. The minimum atomic E-state index is -0.411. The Morgan fingerprint density at radius 3 is 2.96 bits per heavy atom. The molecule has 122 valence electrons. The van der Waals surface area contributed by atoms with Crippen molar-refractivity contribution in [2.75, 3.05) is 7.11 Å². The van der Waals surface area contributed by atoms with Crippen molar-refractivity contribution in [2.24, 2.45) is 5.10 Å². The summed E-state index contributed by atoms with van der Waals surface area (Å²) in [6.45, 7) is 0. The van der Waals surface area contributed by atoms with Crippen LogP contribution in [-0.2, 0) is 0 Å². The molecule has 0 aliphatic heterocycles. The fraction of sp³-hybridized carbons (Fsp3) is 0.0625. The number of H-pyrrole nitrogens is 1. The normalized spacial score (nSPS) is 10.9. The van der Waals surface area contributed by atoms with E-state index in [0.717, 1.165) is 16.1 Å². The SMILES string of the molecule is COc1ccccc1/C=N\NC(=O)c1cc(-c2ccc(Cl)s2)[nH]n1. The molecule has 2 aromatic heterocycles. The summed E-state index contributed by atoms with van der Waals surface area (Å²) in [5.74, 6) is 0.262. The summed E-state index contributed by atoms with van der Waals surface area (Å²) in [5.41, 5.74) is 4.17. The number of carbonyl (C=O) groups is 1. The van der Waals surface area contributed by atoms with Crippen molar-refractivity contribution in [2.45, 2.75) is 0 Å². The molecule has 3 rings (SSSR count). The molecule has 2 N–H and O–H groups in total. The van der Waals surface area contributed by atoms with Gasteiger partial charge in [-0.2, -0.15) is 10.2 Å². The number of thiophene rings is 1. The number of hydrogen-bond donors (Lipinski definition) is 2. The number of nitrogens with zero attached hydrogens (tertiary/aromatic N) is 2. The summed E-state index contributed by atoms with van der Waals surface area (Å²) < 4.78 is 5.88. The Hall–Kier alpha value is -2.64. The highest BCUT2D eigenvalue weighted by molar-refractivity contribution is 7.19. The van der Waals surface area contributed by atoms with Crippen molar-refractivity contribution in [1.29, 1.82) is 0 Å². The fourth-order valence-electron chi connectivity index (χ4n) is 2.01. The summed E-state index contributed by atoms with van der Waals surface area (Å²) in [6, 6.07) is 12.7. The van der Waals surface area contributed by atoms with Crippen LogP contribution in [0.25, 0.3) is 10.6 Å². The third kappa shape index (κ3) is 3.64. The lowest BCUT2D eigenvalue weighted by Gasteiger charge is -2.02. The molecule has 0 atom stereocenters. The number of nitrogens with one attached hydrogen (secondary N) is 2. The van der Waals surface area contributed by atoms with Crippen LogP contribution >= 0.6 is 22.9 Å². The molecule has 6 nitrogen and oxygen atoms in total. The van der Waals surface area contributed by atoms with Crippen molar-refractivity contribution in [3.8, 4) is 16.3 Å². The van der Waals surface area contributed by atoms with Gasteiger partial charge in [-0.1, -0.05) is 23.7 Å². The first-order chi connectivity index (χ1) is 11.7. The molecule has 0 fully saturated rings. The van der Waals surface area contributed by atoms with Crippen molar-refractivity contribution in [1.82, 2.24) is 15.6 Å². The van der Waals surface area contributed by atoms with Gasteiger partial charge in [-0.3, -0.25) is 9.89 Å². The van der Waals surface area contributed by atoms with Gasteiger partial charge in [-0.25, -0.2) is 5.43 Å². The zero-order chi connectivity index (χ0) is 16.9. The predicted octanol–water partition coefficient (Wildman–Crippen LogP) is 3.56. The van der Waals surface area contributed by atoms with Crippen LogP contribution in [0.2, 0.25) is 4.34 Å². The number of benzene rings is 1. The highest BCUT2D eigenvalue weighted by Crippen LogP contribution is 2.29. The van der Waals surface area contributed by atoms with E-state index in [4.69, 9.17) is 16.3 Å². The molecule has 24 heavy (non-hydrogen) atoms. The van der Waals surface area contributed by atoms with Gasteiger partial charge in [-0.05, 0) is 30.3 Å². The van der Waals surface area contributed by atoms with Gasteiger partial charge in [0.1, 0.15) is 5.75 Å². The third-order valence-electron chi connectivity index (χ3n) is 3.16. The van der Waals surface area contributed by atoms with Crippen LogP contribution in [0.1, 0.15) is 16.1 Å². The molecule has 0 radical (unpaired) electrons. The first-order valence-electron chi connectivity index (χ1n) is 6.95. The van der Waals surface area contributed by atoms with Crippen molar-refractivity contribution < 1.29 is 9.53 Å². The van der Waals surface area contributed by atoms with Gasteiger partial charge >= 0.3 is 0 Å². The van der Waals surface area contributed by atoms with Crippen molar-refractivity contribution in [3.63, 3.8) is 0 Å². The highest BCUT2D eigenvalue weighted by Gasteiger charge is 2.12. The first-order valence-corrected chi connectivity index (χ1v) is 8.14. The second-order valence-corrected chi connectivity index (χ2v) is 6.43. The molecule has 0 aliphatic rings. The van der Waals surface area contributed by atoms with E-state index < -0.39 is 5.91 Å². The predicted molar refractivity (Wildman–Crippen MR) is 95.0 cm³/mol. The molecule has 2 heterocycles. The van der Waals surface area contributed by atoms with E-state index in [1.807, 2.05) is 30.3 Å². The summed E-state index contributed by atoms with van der Waals surface area (Å²) in [4.78, 5) is 13.0. The Labute approximate surface area is 147 Å². The molecule has 1 amide bonds. The molecule has 0 unspecified atom stereocenters. The average Bonchev–Trinajstić information content (AvgIpc) is 3.24. The zero-order valence-electron chi connectivity index (χ0n) is 12.6. The minimum Gasteiger partial charge on any atom is -0.496 e. The summed E-state index contributed by atoms with van der Waals surface area (Å²) in [7, 11) is 1.58. The van der Waals surface area contributed by atoms with Crippen LogP contribution in [0.15, 0.2) is 47.6 Å². The Morgan fingerprint density at radius 1 is 1.38 bits per heavy atom. The Balaban J connectivity index is 1.67. The largest absolute Gasteiger partial charge is 0.496 e. The molecular formula is C16H13ClN4O2S. The van der Waals surface area contributed by atoms with E-state index in [9.17, 15) is 4.79 Å². The number of amides is 1. The molecule has 0 spiro atoms. The number of rotatable bonds is 5. The highest BCUT2D eigenvalue weighted by atomic mass is 35.5. The van der Waals surface area contributed by atoms with Crippen LogP contribution in [-0.4, -0.2) is 29.4 Å². The molecule has 1 aromatic carbocycles. The van der Waals surface area contributed by atoms with E-state index in [-0.39, 0.29) is 5.69 Å². The first kappa shape index (κ1) is 16.2. The number of aromatic amines is 1. The summed E-state index contributed by atoms with van der Waals surface area (Å²) in [5, 5.41) is 10.7. The fourth-order valence-corrected chi connectivity index (χ4v) is 3.02. The van der Waals surface area contributed by atoms with Gasteiger partial charge < -0.3 is 4.74 Å². The number of aromatic nitrogens is 2. The topological polar surface area (TPSA) is 79.4 Å². The lowest BCUT2D eigenvalue weighted by atomic mass is 10.2. The van der Waals surface area contributed by atoms with Gasteiger partial charge in [0.25, 0.3) is 5.91 Å². The maximum Gasteiger partial charge on any atom is 0.291 e. The molecule has 8 heteroatoms. The zero-order valence-corrected chi connectivity index (χ0v) is 14.2. The van der Waals surface area contributed by atoms with Crippen LogP contribution in [0, 0.1) is 0 Å². The number of halogens is 1. The standard InChI is InChI=1S/C16H13ClN4O2S/c1-23-13-5-3-2-4-10(13)9-18-21-16(22)12-8-11(19-20-12)14-6-7-15(17)24-14/h2-9H,1H3,(H,19,20)(H,21,22)/b18-9-. The van der Waals surface area contributed by atoms with Gasteiger partial charge in [0.15, 0.2) is 5.69 Å². The van der Waals surface area contributed by atoms with Crippen LogP contribution in [0.4, 0.5) is 0 Å². The number of hydrogen-bond acceptors (Lipinski definition) is 5. The second kappa shape index (κ2) is 7.29. The van der Waals surface area contributed by atoms with E-state index in [1.165, 1.54) is 17.6 Å². The molecule has 0 saturated carbocycles. The summed E-state index contributed by atoms with van der Waals surface area (Å²) in [6.07, 6.45) is 1.52. The lowest BCUT2D eigenvalue weighted by Crippen LogP contribution is -2.18. The Kier molecular flexibility index (Phi) is 4.93. The van der Waals surface area contributed by atoms with Crippen LogP contribution in [0.3, 0.4) is 0 Å². The quantitative estimate of drug-likeness (QED) is 0.539. The maximum atomic E-state index is 12.1. The van der Waals surface area contributed by atoms with Gasteiger partial charge in [0, 0.05) is 5.56 Å². The molecular weight excluding hydrogens is 348 g/mol. The summed E-state index contributed by atoms with van der Waals surface area (Å²) >= 11 is 7.31. The number of ether oxygens (including phenoxy) is 1. The van der Waals surface area contributed by atoms with E-state index in [2.05, 4.69) is 20.7 Å². The molecule has 3 aromatic rings. The number of methoxy groups -OCH3 is 1. The smallest absolute Gasteiger partial charge is 0.291 e. The Bertz CT molecular complexity index is 888. The van der Waals surface area contributed by atoms with Gasteiger partial charge in [0.2, 0.25) is 0 Å². The van der Waals surface area contributed by atoms with Gasteiger partial charge in [0.05, 0.1) is 28.2 Å². The monoisotopic (exact) mass is 360 g/mol. The van der Waals surface area contributed by atoms with Gasteiger partial charge in [-0.15, -0.1) is 11.3 Å².